The third-order valence-corrected chi connectivity index (χ3v) is 7.95. The smallest absolute Gasteiger partial charge is 0.127 e. The number of pyridine rings is 2. The largest absolute Gasteiger partial charge is 0.492 e. The molecule has 1 fully saturated rings. The van der Waals surface area contributed by atoms with E-state index in [4.69, 9.17) is 4.74 Å². The Hall–Kier alpha value is -4.76. The first-order valence-electron chi connectivity index (χ1n) is 14.8. The molecular formula is C34H34FN7O. The number of nitrogens with zero attached hydrogens (tertiary/aromatic N) is 4. The minimum absolute atomic E-state index is 0.313. The van der Waals surface area contributed by atoms with E-state index >= 15 is 0 Å². The number of ether oxygens (including phenoxy) is 1. The van der Waals surface area contributed by atoms with Gasteiger partial charge in [0, 0.05) is 59.1 Å². The normalized spacial score (nSPS) is 13.9. The fraction of sp³-hybridized carbons (Fsp3) is 0.265. The lowest BCUT2D eigenvalue weighted by Crippen LogP contribution is -2.25. The van der Waals surface area contributed by atoms with Crippen LogP contribution in [0.25, 0.3) is 55.4 Å². The molecule has 1 saturated heterocycles. The molecule has 0 atom stereocenters. The van der Waals surface area contributed by atoms with Crippen molar-refractivity contribution in [2.24, 2.45) is 0 Å². The molecule has 0 saturated carbocycles. The fourth-order valence-electron chi connectivity index (χ4n) is 5.92. The maximum absolute atomic E-state index is 14.8. The minimum Gasteiger partial charge on any atom is -0.492 e. The van der Waals surface area contributed by atoms with Crippen LogP contribution in [0.2, 0.25) is 0 Å². The standard InChI is InChI=1S/C34H34FN7O/c1-21(2)38-26-12-24(17-36-18-26)22-5-6-31-29(14-22)34(41-40-31)32-16-28-30(19-37-20-33(28)39-32)23-11-25(35)15-27(13-23)43-10-9-42-7-3-4-8-42/h5-6,11-21,38-39H,3-4,7-10H2,1-2H3,(H,40,41). The molecule has 4 aromatic heterocycles. The molecule has 9 heteroatoms. The number of nitrogens with one attached hydrogen (secondary N) is 3. The Morgan fingerprint density at radius 3 is 2.60 bits per heavy atom. The molecule has 0 amide bonds. The molecule has 0 bridgehead atoms. The topological polar surface area (TPSA) is 94.8 Å². The lowest BCUT2D eigenvalue weighted by Gasteiger charge is -2.15. The maximum Gasteiger partial charge on any atom is 0.127 e. The zero-order chi connectivity index (χ0) is 29.3. The third kappa shape index (κ3) is 5.68. The Kier molecular flexibility index (Phi) is 7.24. The van der Waals surface area contributed by atoms with Crippen molar-refractivity contribution in [1.82, 2.24) is 30.0 Å². The average molecular weight is 576 g/mol. The van der Waals surface area contributed by atoms with E-state index < -0.39 is 0 Å². The number of aromatic amines is 2. The van der Waals surface area contributed by atoms with Crippen LogP contribution in [-0.4, -0.2) is 62.3 Å². The van der Waals surface area contributed by atoms with E-state index in [0.717, 1.165) is 80.8 Å². The van der Waals surface area contributed by atoms with Crippen molar-refractivity contribution in [3.05, 3.63) is 79.1 Å². The first kappa shape index (κ1) is 27.1. The van der Waals surface area contributed by atoms with E-state index in [-0.39, 0.29) is 5.82 Å². The van der Waals surface area contributed by atoms with Crippen molar-refractivity contribution in [3.8, 4) is 39.4 Å². The summed E-state index contributed by atoms with van der Waals surface area (Å²) in [4.78, 5) is 14.8. The van der Waals surface area contributed by atoms with Crippen molar-refractivity contribution in [2.45, 2.75) is 32.7 Å². The van der Waals surface area contributed by atoms with E-state index in [9.17, 15) is 4.39 Å². The number of likely N-dealkylation sites (tertiary alicyclic amines) is 1. The van der Waals surface area contributed by atoms with Crippen LogP contribution >= 0.6 is 0 Å². The fourth-order valence-corrected chi connectivity index (χ4v) is 5.92. The number of hydrogen-bond donors (Lipinski definition) is 3. The number of hydrogen-bond acceptors (Lipinski definition) is 6. The van der Waals surface area contributed by atoms with Crippen LogP contribution in [0, 0.1) is 5.82 Å². The van der Waals surface area contributed by atoms with Gasteiger partial charge in [-0.05, 0) is 87.3 Å². The molecule has 6 aromatic rings. The summed E-state index contributed by atoms with van der Waals surface area (Å²) in [5, 5.41) is 13.2. The zero-order valence-electron chi connectivity index (χ0n) is 24.3. The Balaban J connectivity index is 1.21. The number of anilines is 1. The molecular weight excluding hydrogens is 541 g/mol. The van der Waals surface area contributed by atoms with Crippen molar-refractivity contribution in [2.75, 3.05) is 31.6 Å². The highest BCUT2D eigenvalue weighted by Gasteiger charge is 2.16. The summed E-state index contributed by atoms with van der Waals surface area (Å²) >= 11 is 0. The summed E-state index contributed by atoms with van der Waals surface area (Å²) in [7, 11) is 0. The average Bonchev–Trinajstić information content (AvgIpc) is 3.76. The summed E-state index contributed by atoms with van der Waals surface area (Å²) in [6, 6.07) is 15.6. The van der Waals surface area contributed by atoms with Gasteiger partial charge in [-0.1, -0.05) is 6.07 Å². The molecule has 1 aliphatic rings. The van der Waals surface area contributed by atoms with Gasteiger partial charge in [-0.25, -0.2) is 4.39 Å². The van der Waals surface area contributed by atoms with Gasteiger partial charge in [0.1, 0.15) is 23.9 Å². The summed E-state index contributed by atoms with van der Waals surface area (Å²) in [5.41, 5.74) is 8.01. The van der Waals surface area contributed by atoms with Gasteiger partial charge in [-0.3, -0.25) is 20.0 Å². The van der Waals surface area contributed by atoms with Gasteiger partial charge >= 0.3 is 0 Å². The molecule has 3 N–H and O–H groups in total. The van der Waals surface area contributed by atoms with Crippen molar-refractivity contribution in [3.63, 3.8) is 0 Å². The van der Waals surface area contributed by atoms with E-state index in [1.165, 1.54) is 25.0 Å². The van der Waals surface area contributed by atoms with E-state index in [0.29, 0.717) is 18.4 Å². The van der Waals surface area contributed by atoms with Crippen LogP contribution in [0.5, 0.6) is 5.75 Å². The molecule has 0 aliphatic carbocycles. The van der Waals surface area contributed by atoms with Gasteiger partial charge in [0.2, 0.25) is 0 Å². The predicted octanol–water partition coefficient (Wildman–Crippen LogP) is 7.27. The van der Waals surface area contributed by atoms with Gasteiger partial charge in [-0.15, -0.1) is 0 Å². The number of fused-ring (bicyclic) bond motifs is 2. The minimum atomic E-state index is -0.339. The van der Waals surface area contributed by atoms with Crippen LogP contribution in [-0.2, 0) is 0 Å². The molecule has 7 rings (SSSR count). The van der Waals surface area contributed by atoms with Gasteiger partial charge in [0.15, 0.2) is 0 Å². The molecule has 43 heavy (non-hydrogen) atoms. The molecule has 5 heterocycles. The van der Waals surface area contributed by atoms with Gasteiger partial charge in [0.25, 0.3) is 0 Å². The summed E-state index contributed by atoms with van der Waals surface area (Å²) in [6.07, 6.45) is 9.73. The molecule has 2 aromatic carbocycles. The molecule has 1 aliphatic heterocycles. The van der Waals surface area contributed by atoms with Crippen LogP contribution in [0.4, 0.5) is 10.1 Å². The molecule has 0 radical (unpaired) electrons. The van der Waals surface area contributed by atoms with E-state index in [2.05, 4.69) is 73.5 Å². The predicted molar refractivity (Wildman–Crippen MR) is 170 cm³/mol. The zero-order valence-corrected chi connectivity index (χ0v) is 24.3. The van der Waals surface area contributed by atoms with Crippen LogP contribution < -0.4 is 10.1 Å². The summed E-state index contributed by atoms with van der Waals surface area (Å²) < 4.78 is 20.7. The highest BCUT2D eigenvalue weighted by Crippen LogP contribution is 2.36. The summed E-state index contributed by atoms with van der Waals surface area (Å²) in [5.74, 6) is 0.185. The SMILES string of the molecule is CC(C)Nc1cncc(-c2ccc3[nH]nc(-c4cc5c(-c6cc(F)cc(OCCN7CCCC7)c6)cncc5[nH]4)c3c2)c1. The summed E-state index contributed by atoms with van der Waals surface area (Å²) in [6.45, 7) is 7.80. The molecule has 8 nitrogen and oxygen atoms in total. The molecule has 0 spiro atoms. The van der Waals surface area contributed by atoms with Gasteiger partial charge in [0.05, 0.1) is 28.6 Å². The lowest BCUT2D eigenvalue weighted by atomic mass is 10.0. The first-order valence-corrected chi connectivity index (χ1v) is 14.8. The van der Waals surface area contributed by atoms with Gasteiger partial charge in [-0.2, -0.15) is 5.10 Å². The first-order chi connectivity index (χ1) is 21.0. The number of halogens is 1. The Bertz CT molecular complexity index is 1900. The van der Waals surface area contributed by atoms with Crippen molar-refractivity contribution < 1.29 is 9.13 Å². The maximum atomic E-state index is 14.8. The Morgan fingerprint density at radius 2 is 1.74 bits per heavy atom. The third-order valence-electron chi connectivity index (χ3n) is 7.95. The van der Waals surface area contributed by atoms with E-state index in [1.54, 1.807) is 12.4 Å². The van der Waals surface area contributed by atoms with Crippen LogP contribution in [0.3, 0.4) is 0 Å². The van der Waals surface area contributed by atoms with E-state index in [1.807, 2.05) is 24.5 Å². The highest BCUT2D eigenvalue weighted by atomic mass is 19.1. The molecule has 218 valence electrons. The number of rotatable bonds is 9. The Labute approximate surface area is 249 Å². The lowest BCUT2D eigenvalue weighted by molar-refractivity contribution is 0.237. The quantitative estimate of drug-likeness (QED) is 0.168. The Morgan fingerprint density at radius 1 is 0.884 bits per heavy atom. The van der Waals surface area contributed by atoms with Crippen molar-refractivity contribution in [1.29, 1.82) is 0 Å². The molecule has 0 unspecified atom stereocenters. The second kappa shape index (κ2) is 11.5. The number of H-pyrrole nitrogens is 2. The van der Waals surface area contributed by atoms with Crippen molar-refractivity contribution >= 4 is 27.5 Å². The second-order valence-corrected chi connectivity index (χ2v) is 11.5. The highest BCUT2D eigenvalue weighted by molar-refractivity contribution is 6.01. The van der Waals surface area contributed by atoms with Crippen LogP contribution in [0.15, 0.2) is 73.3 Å². The number of benzene rings is 2. The number of aromatic nitrogens is 5. The second-order valence-electron chi connectivity index (χ2n) is 11.5. The monoisotopic (exact) mass is 575 g/mol. The van der Waals surface area contributed by atoms with Crippen LogP contribution in [0.1, 0.15) is 26.7 Å². The van der Waals surface area contributed by atoms with Gasteiger partial charge < -0.3 is 15.0 Å².